The number of hydrogen-bond acceptors (Lipinski definition) is 8. The number of hydrogen-bond donors (Lipinski definition) is 2. The van der Waals surface area contributed by atoms with Crippen LogP contribution in [0.2, 0.25) is 0 Å². The maximum Gasteiger partial charge on any atom is 0.177 e. The van der Waals surface area contributed by atoms with Gasteiger partial charge in [0.2, 0.25) is 0 Å². The number of aliphatic hydroxyl groups is 1. The van der Waals surface area contributed by atoms with Gasteiger partial charge in [-0.2, -0.15) is 0 Å². The van der Waals surface area contributed by atoms with Crippen molar-refractivity contribution in [2.45, 2.75) is 36.4 Å². The molecule has 9 heteroatoms. The summed E-state index contributed by atoms with van der Waals surface area (Å²) in [6.07, 6.45) is 4.01. The van der Waals surface area contributed by atoms with Crippen LogP contribution in [0.4, 0.5) is 17.3 Å². The van der Waals surface area contributed by atoms with E-state index in [1.54, 1.807) is 30.3 Å². The Kier molecular flexibility index (Phi) is 6.24. The molecule has 5 rings (SSSR count). The van der Waals surface area contributed by atoms with Crippen molar-refractivity contribution in [2.24, 2.45) is 0 Å². The average molecular weight is 480 g/mol. The first-order valence-corrected chi connectivity index (χ1v) is 13.4. The van der Waals surface area contributed by atoms with Gasteiger partial charge in [0.15, 0.2) is 9.84 Å². The molecule has 2 aliphatic rings. The number of aromatic nitrogens is 2. The third-order valence-electron chi connectivity index (χ3n) is 6.70. The maximum absolute atomic E-state index is 12.1. The molecule has 0 unspecified atom stereocenters. The van der Waals surface area contributed by atoms with Crippen LogP contribution < -0.4 is 10.2 Å². The minimum atomic E-state index is -3.38. The van der Waals surface area contributed by atoms with E-state index < -0.39 is 15.9 Å². The van der Waals surface area contributed by atoms with Crippen molar-refractivity contribution in [3.63, 3.8) is 0 Å². The smallest absolute Gasteiger partial charge is 0.177 e. The predicted octanol–water partition coefficient (Wildman–Crippen LogP) is 2.62. The predicted molar refractivity (Wildman–Crippen MR) is 132 cm³/mol. The number of β-amino-alcohol motifs (C(OH)–C–C–N with tert-alkyl or cyclic N) is 1. The third-order valence-corrected chi connectivity index (χ3v) is 7.86. The highest BCUT2D eigenvalue weighted by atomic mass is 32.2. The molecule has 2 aromatic carbocycles. The molecule has 1 fully saturated rings. The maximum atomic E-state index is 12.1. The number of benzene rings is 2. The van der Waals surface area contributed by atoms with Gasteiger partial charge in [0.25, 0.3) is 0 Å². The molecule has 34 heavy (non-hydrogen) atoms. The van der Waals surface area contributed by atoms with Crippen molar-refractivity contribution in [1.29, 1.82) is 0 Å². The first kappa shape index (κ1) is 22.8. The minimum Gasteiger partial charge on any atom is -0.390 e. The van der Waals surface area contributed by atoms with Crippen molar-refractivity contribution in [3.05, 3.63) is 72.1 Å². The lowest BCUT2D eigenvalue weighted by Gasteiger charge is -2.43. The number of piperidine rings is 1. The fourth-order valence-corrected chi connectivity index (χ4v) is 5.82. The van der Waals surface area contributed by atoms with E-state index >= 15 is 0 Å². The minimum absolute atomic E-state index is 0.116. The Morgan fingerprint density at radius 1 is 1.03 bits per heavy atom. The van der Waals surface area contributed by atoms with Crippen molar-refractivity contribution in [3.8, 4) is 0 Å². The SMILES string of the molecule is CS(=O)(=O)c1ccccc1Nc1cc(N2CC[C@H](N3CCc4ccccc4C3)[C@@H](O)C2)ncn1. The van der Waals surface area contributed by atoms with Crippen LogP contribution in [0.5, 0.6) is 0 Å². The number of rotatable bonds is 5. The fourth-order valence-electron chi connectivity index (χ4n) is 4.97. The largest absolute Gasteiger partial charge is 0.390 e. The van der Waals surface area contributed by atoms with Gasteiger partial charge in [0.05, 0.1) is 16.7 Å². The highest BCUT2D eigenvalue weighted by Crippen LogP contribution is 2.29. The van der Waals surface area contributed by atoms with Gasteiger partial charge in [-0.1, -0.05) is 36.4 Å². The van der Waals surface area contributed by atoms with Crippen LogP contribution in [0.15, 0.2) is 65.8 Å². The molecule has 1 aromatic heterocycles. The lowest BCUT2D eigenvalue weighted by atomic mass is 9.94. The van der Waals surface area contributed by atoms with E-state index in [1.807, 2.05) is 0 Å². The van der Waals surface area contributed by atoms with Gasteiger partial charge < -0.3 is 15.3 Å². The first-order valence-electron chi connectivity index (χ1n) is 11.5. The zero-order chi connectivity index (χ0) is 23.7. The molecule has 178 valence electrons. The molecule has 0 spiro atoms. The highest BCUT2D eigenvalue weighted by molar-refractivity contribution is 7.90. The molecule has 0 aliphatic carbocycles. The second-order valence-electron chi connectivity index (χ2n) is 9.01. The lowest BCUT2D eigenvalue weighted by Crippen LogP contribution is -2.55. The van der Waals surface area contributed by atoms with Crippen LogP contribution in [0.3, 0.4) is 0 Å². The van der Waals surface area contributed by atoms with E-state index in [0.717, 1.165) is 32.5 Å². The molecular formula is C25H29N5O3S. The van der Waals surface area contributed by atoms with E-state index in [1.165, 1.54) is 23.7 Å². The number of anilines is 3. The quantitative estimate of drug-likeness (QED) is 0.576. The summed E-state index contributed by atoms with van der Waals surface area (Å²) in [6.45, 7) is 3.09. The van der Waals surface area contributed by atoms with Crippen molar-refractivity contribution in [2.75, 3.05) is 36.1 Å². The van der Waals surface area contributed by atoms with E-state index in [9.17, 15) is 13.5 Å². The van der Waals surface area contributed by atoms with E-state index in [0.29, 0.717) is 23.9 Å². The molecule has 2 aliphatic heterocycles. The van der Waals surface area contributed by atoms with Crippen molar-refractivity contribution in [1.82, 2.24) is 14.9 Å². The molecule has 3 aromatic rings. The van der Waals surface area contributed by atoms with Gasteiger partial charge in [-0.05, 0) is 36.1 Å². The molecule has 2 N–H and O–H groups in total. The first-order chi connectivity index (χ1) is 16.4. The molecule has 8 nitrogen and oxygen atoms in total. The molecule has 0 amide bonds. The summed E-state index contributed by atoms with van der Waals surface area (Å²) in [6, 6.07) is 17.2. The van der Waals surface area contributed by atoms with Crippen molar-refractivity contribution < 1.29 is 13.5 Å². The number of para-hydroxylation sites is 1. The molecule has 0 saturated carbocycles. The van der Waals surface area contributed by atoms with Gasteiger partial charge in [-0.25, -0.2) is 18.4 Å². The molecular weight excluding hydrogens is 450 g/mol. The van der Waals surface area contributed by atoms with E-state index in [2.05, 4.69) is 49.4 Å². The Balaban J connectivity index is 1.28. The summed E-state index contributed by atoms with van der Waals surface area (Å²) in [4.78, 5) is 13.4. The lowest BCUT2D eigenvalue weighted by molar-refractivity contribution is 0.0293. The van der Waals surface area contributed by atoms with Crippen LogP contribution in [0, 0.1) is 0 Å². The normalized spacial score (nSPS) is 21.2. The number of sulfone groups is 1. The average Bonchev–Trinajstić information content (AvgIpc) is 2.83. The van der Waals surface area contributed by atoms with Crippen LogP contribution in [-0.4, -0.2) is 66.4 Å². The van der Waals surface area contributed by atoms with Gasteiger partial charge in [0.1, 0.15) is 18.0 Å². The monoisotopic (exact) mass is 479 g/mol. The Labute approximate surface area is 200 Å². The Morgan fingerprint density at radius 3 is 2.59 bits per heavy atom. The summed E-state index contributed by atoms with van der Waals surface area (Å²) < 4.78 is 24.2. The summed E-state index contributed by atoms with van der Waals surface area (Å²) >= 11 is 0. The second-order valence-corrected chi connectivity index (χ2v) is 11.0. The standard InChI is InChI=1S/C25H29N5O3S/c1-34(32,33)23-9-5-4-8-20(23)28-24-14-25(27-17-26-24)30-13-11-21(22(31)16-30)29-12-10-18-6-2-3-7-19(18)15-29/h2-9,14,17,21-22,31H,10-13,15-16H2,1H3,(H,26,27,28)/t21-,22-/m0/s1. The number of nitrogens with zero attached hydrogens (tertiary/aromatic N) is 4. The fraction of sp³-hybridized carbons (Fsp3) is 0.360. The van der Waals surface area contributed by atoms with E-state index in [-0.39, 0.29) is 10.9 Å². The Hall–Kier alpha value is -3.01. The van der Waals surface area contributed by atoms with Gasteiger partial charge in [0, 0.05) is 44.5 Å². The molecule has 2 atom stereocenters. The van der Waals surface area contributed by atoms with Crippen molar-refractivity contribution >= 4 is 27.2 Å². The Morgan fingerprint density at radius 2 is 1.79 bits per heavy atom. The molecule has 1 saturated heterocycles. The topological polar surface area (TPSA) is 98.7 Å². The van der Waals surface area contributed by atoms with Gasteiger partial charge in [-0.3, -0.25) is 4.90 Å². The zero-order valence-electron chi connectivity index (χ0n) is 19.1. The van der Waals surface area contributed by atoms with Crippen LogP contribution >= 0.6 is 0 Å². The number of nitrogens with one attached hydrogen (secondary N) is 1. The van der Waals surface area contributed by atoms with E-state index in [4.69, 9.17) is 0 Å². The summed E-state index contributed by atoms with van der Waals surface area (Å²) in [7, 11) is -3.38. The Bertz CT molecular complexity index is 1280. The number of fused-ring (bicyclic) bond motifs is 1. The molecule has 0 bridgehead atoms. The summed E-state index contributed by atoms with van der Waals surface area (Å²) in [5.74, 6) is 1.21. The van der Waals surface area contributed by atoms with Crippen LogP contribution in [0.25, 0.3) is 0 Å². The third kappa shape index (κ3) is 4.77. The number of aliphatic hydroxyl groups excluding tert-OH is 1. The zero-order valence-corrected chi connectivity index (χ0v) is 19.9. The van der Waals surface area contributed by atoms with Gasteiger partial charge >= 0.3 is 0 Å². The van der Waals surface area contributed by atoms with Crippen LogP contribution in [-0.2, 0) is 22.8 Å². The highest BCUT2D eigenvalue weighted by Gasteiger charge is 2.34. The summed E-state index contributed by atoms with van der Waals surface area (Å²) in [5, 5.41) is 14.1. The van der Waals surface area contributed by atoms with Crippen LogP contribution in [0.1, 0.15) is 17.5 Å². The summed E-state index contributed by atoms with van der Waals surface area (Å²) in [5.41, 5.74) is 3.23. The molecule has 0 radical (unpaired) electrons. The van der Waals surface area contributed by atoms with Gasteiger partial charge in [-0.15, -0.1) is 0 Å². The second kappa shape index (κ2) is 9.32. The molecule has 3 heterocycles.